The summed E-state index contributed by atoms with van der Waals surface area (Å²) in [5.74, 6) is 0.104. The number of aryl methyl sites for hydroxylation is 1. The van der Waals surface area contributed by atoms with Gasteiger partial charge in [-0.1, -0.05) is 41.1 Å². The predicted molar refractivity (Wildman–Crippen MR) is 67.6 cm³/mol. The minimum absolute atomic E-state index is 0.0953. The fraction of sp³-hybridized carbons (Fsp3) is 0.417. The number of amides is 1. The van der Waals surface area contributed by atoms with Gasteiger partial charge in [0.2, 0.25) is 5.91 Å². The van der Waals surface area contributed by atoms with Gasteiger partial charge < -0.3 is 4.90 Å². The highest BCUT2D eigenvalue weighted by Crippen LogP contribution is 2.20. The van der Waals surface area contributed by atoms with Crippen molar-refractivity contribution >= 4 is 27.5 Å². The van der Waals surface area contributed by atoms with Crippen molar-refractivity contribution in [3.63, 3.8) is 0 Å². The highest BCUT2D eigenvalue weighted by Gasteiger charge is 2.19. The molecular formula is C12H16BrNO. The summed E-state index contributed by atoms with van der Waals surface area (Å²) in [7, 11) is 1.81. The molecule has 1 rings (SSSR count). The van der Waals surface area contributed by atoms with E-state index in [9.17, 15) is 4.79 Å². The molecule has 0 aliphatic heterocycles. The summed E-state index contributed by atoms with van der Waals surface area (Å²) < 4.78 is 0. The highest BCUT2D eigenvalue weighted by atomic mass is 79.9. The van der Waals surface area contributed by atoms with Crippen LogP contribution in [0.2, 0.25) is 0 Å². The maximum atomic E-state index is 11.9. The zero-order chi connectivity index (χ0) is 11.4. The van der Waals surface area contributed by atoms with Gasteiger partial charge in [0, 0.05) is 12.7 Å². The van der Waals surface area contributed by atoms with Gasteiger partial charge in [0.25, 0.3) is 0 Å². The Morgan fingerprint density at radius 2 is 2.07 bits per heavy atom. The molecule has 0 spiro atoms. The Balaban J connectivity index is 2.90. The molecule has 1 aromatic rings. The van der Waals surface area contributed by atoms with Crippen molar-refractivity contribution < 1.29 is 4.79 Å². The lowest BCUT2D eigenvalue weighted by atomic mass is 10.2. The van der Waals surface area contributed by atoms with Crippen LogP contribution in [0.5, 0.6) is 0 Å². The first-order valence-corrected chi connectivity index (χ1v) is 5.96. The SMILES string of the molecule is CCC(Br)C(=O)N(C)c1ccccc1C. The molecule has 0 heterocycles. The van der Waals surface area contributed by atoms with E-state index in [1.54, 1.807) is 4.90 Å². The first kappa shape index (κ1) is 12.2. The number of carbonyl (C=O) groups is 1. The standard InChI is InChI=1S/C12H16BrNO/c1-4-10(13)12(15)14(3)11-8-6-5-7-9(11)2/h5-8,10H,4H2,1-3H3. The van der Waals surface area contributed by atoms with Crippen molar-refractivity contribution in [2.24, 2.45) is 0 Å². The van der Waals surface area contributed by atoms with Crippen molar-refractivity contribution in [2.45, 2.75) is 25.1 Å². The van der Waals surface area contributed by atoms with Crippen LogP contribution in [0.3, 0.4) is 0 Å². The second-order valence-corrected chi connectivity index (χ2v) is 4.66. The minimum Gasteiger partial charge on any atom is -0.314 e. The second kappa shape index (κ2) is 5.31. The number of hydrogen-bond donors (Lipinski definition) is 0. The molecule has 0 N–H and O–H groups in total. The first-order valence-electron chi connectivity index (χ1n) is 5.05. The molecular weight excluding hydrogens is 254 g/mol. The number of alkyl halides is 1. The predicted octanol–water partition coefficient (Wildman–Crippen LogP) is 3.13. The van der Waals surface area contributed by atoms with Gasteiger partial charge in [-0.3, -0.25) is 4.79 Å². The van der Waals surface area contributed by atoms with Crippen molar-refractivity contribution in [3.05, 3.63) is 29.8 Å². The number of hydrogen-bond acceptors (Lipinski definition) is 1. The maximum Gasteiger partial charge on any atom is 0.240 e. The molecule has 1 aromatic carbocycles. The molecule has 1 amide bonds. The van der Waals surface area contributed by atoms with E-state index in [1.807, 2.05) is 45.2 Å². The summed E-state index contributed by atoms with van der Waals surface area (Å²) in [6.07, 6.45) is 0.801. The van der Waals surface area contributed by atoms with Crippen molar-refractivity contribution in [2.75, 3.05) is 11.9 Å². The molecule has 0 aliphatic carbocycles. The monoisotopic (exact) mass is 269 g/mol. The van der Waals surface area contributed by atoms with Crippen molar-refractivity contribution in [1.29, 1.82) is 0 Å². The zero-order valence-electron chi connectivity index (χ0n) is 9.33. The number of halogens is 1. The summed E-state index contributed by atoms with van der Waals surface area (Å²) in [5, 5.41) is 0. The lowest BCUT2D eigenvalue weighted by Crippen LogP contribution is -2.33. The Bertz CT molecular complexity index is 351. The molecule has 0 radical (unpaired) electrons. The Morgan fingerprint density at radius 3 is 2.60 bits per heavy atom. The van der Waals surface area contributed by atoms with E-state index in [4.69, 9.17) is 0 Å². The molecule has 15 heavy (non-hydrogen) atoms. The summed E-state index contributed by atoms with van der Waals surface area (Å²) in [6, 6.07) is 7.89. The van der Waals surface area contributed by atoms with Gasteiger partial charge >= 0.3 is 0 Å². The number of nitrogens with zero attached hydrogens (tertiary/aromatic N) is 1. The van der Waals surface area contributed by atoms with Crippen LogP contribution in [0, 0.1) is 6.92 Å². The van der Waals surface area contributed by atoms with Gasteiger partial charge in [0.15, 0.2) is 0 Å². The lowest BCUT2D eigenvalue weighted by Gasteiger charge is -2.21. The summed E-state index contributed by atoms with van der Waals surface area (Å²) in [5.41, 5.74) is 2.09. The fourth-order valence-corrected chi connectivity index (χ4v) is 1.75. The number of rotatable bonds is 3. The van der Waals surface area contributed by atoms with Crippen LogP contribution in [0.25, 0.3) is 0 Å². The lowest BCUT2D eigenvalue weighted by molar-refractivity contribution is -0.117. The van der Waals surface area contributed by atoms with Gasteiger partial charge in [-0.25, -0.2) is 0 Å². The van der Waals surface area contributed by atoms with Crippen LogP contribution in [0.4, 0.5) is 5.69 Å². The van der Waals surface area contributed by atoms with Crippen LogP contribution < -0.4 is 4.90 Å². The van der Waals surface area contributed by atoms with Gasteiger partial charge in [-0.15, -0.1) is 0 Å². The van der Waals surface area contributed by atoms with E-state index in [0.29, 0.717) is 0 Å². The third-order valence-corrected chi connectivity index (χ3v) is 3.47. The van der Waals surface area contributed by atoms with Crippen molar-refractivity contribution in [3.8, 4) is 0 Å². The fourth-order valence-electron chi connectivity index (χ4n) is 1.44. The van der Waals surface area contributed by atoms with Crippen LogP contribution in [0.15, 0.2) is 24.3 Å². The molecule has 3 heteroatoms. The average Bonchev–Trinajstić information content (AvgIpc) is 2.26. The van der Waals surface area contributed by atoms with E-state index in [1.165, 1.54) is 0 Å². The van der Waals surface area contributed by atoms with E-state index in [0.717, 1.165) is 17.7 Å². The molecule has 0 aromatic heterocycles. The second-order valence-electron chi connectivity index (χ2n) is 3.56. The zero-order valence-corrected chi connectivity index (χ0v) is 10.9. The number of carbonyl (C=O) groups excluding carboxylic acids is 1. The molecule has 2 nitrogen and oxygen atoms in total. The Morgan fingerprint density at radius 1 is 1.47 bits per heavy atom. The van der Waals surface area contributed by atoms with E-state index in [2.05, 4.69) is 15.9 Å². The number of para-hydroxylation sites is 1. The third kappa shape index (κ3) is 2.81. The molecule has 0 bridgehead atoms. The van der Waals surface area contributed by atoms with E-state index >= 15 is 0 Å². The first-order chi connectivity index (χ1) is 7.07. The molecule has 1 atom stereocenters. The average molecular weight is 270 g/mol. The quantitative estimate of drug-likeness (QED) is 0.773. The molecule has 0 saturated heterocycles. The molecule has 0 saturated carbocycles. The third-order valence-electron chi connectivity index (χ3n) is 2.43. The maximum absolute atomic E-state index is 11.9. The number of anilines is 1. The van der Waals surface area contributed by atoms with Gasteiger partial charge in [0.1, 0.15) is 0 Å². The van der Waals surface area contributed by atoms with Crippen molar-refractivity contribution in [1.82, 2.24) is 0 Å². The van der Waals surface area contributed by atoms with E-state index < -0.39 is 0 Å². The molecule has 0 aliphatic rings. The topological polar surface area (TPSA) is 20.3 Å². The van der Waals surface area contributed by atoms with Crippen LogP contribution in [-0.2, 0) is 4.79 Å². The minimum atomic E-state index is -0.0953. The normalized spacial score (nSPS) is 12.3. The van der Waals surface area contributed by atoms with Gasteiger partial charge in [-0.2, -0.15) is 0 Å². The molecule has 82 valence electrons. The molecule has 0 fully saturated rings. The Hall–Kier alpha value is -0.830. The smallest absolute Gasteiger partial charge is 0.240 e. The Kier molecular flexibility index (Phi) is 4.33. The summed E-state index contributed by atoms with van der Waals surface area (Å²) in [4.78, 5) is 13.5. The molecule has 1 unspecified atom stereocenters. The highest BCUT2D eigenvalue weighted by molar-refractivity contribution is 9.10. The van der Waals surface area contributed by atoms with E-state index in [-0.39, 0.29) is 10.7 Å². The van der Waals surface area contributed by atoms with Crippen LogP contribution in [0.1, 0.15) is 18.9 Å². The van der Waals surface area contributed by atoms with Gasteiger partial charge in [-0.05, 0) is 25.0 Å². The van der Waals surface area contributed by atoms with Crippen LogP contribution in [-0.4, -0.2) is 17.8 Å². The Labute approximate surface area is 99.4 Å². The number of benzene rings is 1. The summed E-state index contributed by atoms with van der Waals surface area (Å²) >= 11 is 3.37. The summed E-state index contributed by atoms with van der Waals surface area (Å²) in [6.45, 7) is 4.00. The van der Waals surface area contributed by atoms with Crippen LogP contribution >= 0.6 is 15.9 Å². The largest absolute Gasteiger partial charge is 0.314 e. The van der Waals surface area contributed by atoms with Gasteiger partial charge in [0.05, 0.1) is 4.83 Å².